The Morgan fingerprint density at radius 2 is 1.35 bits per heavy atom. The molecule has 2 aromatic carbocycles. The molecule has 0 unspecified atom stereocenters. The van der Waals surface area contributed by atoms with E-state index in [0.717, 1.165) is 38.6 Å². The van der Waals surface area contributed by atoms with Crippen LogP contribution in [0.5, 0.6) is 0 Å². The Labute approximate surface area is 140 Å². The van der Waals surface area contributed by atoms with Gasteiger partial charge in [0.25, 0.3) is 0 Å². The quantitative estimate of drug-likeness (QED) is 0.874. The first-order chi connectivity index (χ1) is 11.1. The smallest absolute Gasteiger partial charge is 0.0226 e. The molecule has 2 heteroatoms. The van der Waals surface area contributed by atoms with Gasteiger partial charge in [-0.15, -0.1) is 0 Å². The van der Waals surface area contributed by atoms with Crippen molar-refractivity contribution in [1.29, 1.82) is 0 Å². The van der Waals surface area contributed by atoms with Gasteiger partial charge in [0.05, 0.1) is 0 Å². The van der Waals surface area contributed by atoms with Crippen molar-refractivity contribution in [3.05, 3.63) is 71.8 Å². The summed E-state index contributed by atoms with van der Waals surface area (Å²) in [5.74, 6) is 0. The lowest BCUT2D eigenvalue weighted by atomic mass is 9.71. The number of hydrogen-bond donors (Lipinski definition) is 2. The van der Waals surface area contributed by atoms with Crippen molar-refractivity contribution >= 4 is 0 Å². The van der Waals surface area contributed by atoms with E-state index in [1.165, 1.54) is 11.1 Å². The van der Waals surface area contributed by atoms with E-state index in [-0.39, 0.29) is 11.1 Å². The number of hydrogen-bond acceptors (Lipinski definition) is 2. The first kappa shape index (κ1) is 16.2. The Morgan fingerprint density at radius 1 is 0.826 bits per heavy atom. The van der Waals surface area contributed by atoms with Crippen molar-refractivity contribution in [2.75, 3.05) is 0 Å². The van der Waals surface area contributed by atoms with Gasteiger partial charge in [-0.3, -0.25) is 0 Å². The fourth-order valence-corrected chi connectivity index (χ4v) is 3.59. The summed E-state index contributed by atoms with van der Waals surface area (Å²) < 4.78 is 0. The molecule has 3 N–H and O–H groups in total. The van der Waals surface area contributed by atoms with Gasteiger partial charge < -0.3 is 11.1 Å². The van der Waals surface area contributed by atoms with Gasteiger partial charge in [-0.25, -0.2) is 0 Å². The van der Waals surface area contributed by atoms with E-state index in [0.29, 0.717) is 0 Å². The summed E-state index contributed by atoms with van der Waals surface area (Å²) in [6.45, 7) is 3.12. The van der Waals surface area contributed by atoms with E-state index in [2.05, 4.69) is 72.9 Å². The van der Waals surface area contributed by atoms with Gasteiger partial charge in [0.2, 0.25) is 0 Å². The molecule has 0 amide bonds. The van der Waals surface area contributed by atoms with Crippen molar-refractivity contribution in [3.8, 4) is 0 Å². The van der Waals surface area contributed by atoms with E-state index < -0.39 is 0 Å². The van der Waals surface area contributed by atoms with E-state index >= 15 is 0 Å². The van der Waals surface area contributed by atoms with Crippen molar-refractivity contribution in [3.63, 3.8) is 0 Å². The highest BCUT2D eigenvalue weighted by Crippen LogP contribution is 2.36. The number of benzene rings is 2. The molecule has 1 aliphatic carbocycles. The van der Waals surface area contributed by atoms with Crippen LogP contribution in [-0.2, 0) is 13.0 Å². The Hall–Kier alpha value is -1.64. The van der Waals surface area contributed by atoms with E-state index in [1.807, 2.05) is 0 Å². The molecule has 2 nitrogen and oxygen atoms in total. The molecule has 3 rings (SSSR count). The van der Waals surface area contributed by atoms with Crippen LogP contribution in [0.2, 0.25) is 0 Å². The molecule has 0 aromatic heterocycles. The van der Waals surface area contributed by atoms with Crippen LogP contribution in [0.25, 0.3) is 0 Å². The molecule has 1 saturated carbocycles. The molecular weight excluding hydrogens is 280 g/mol. The van der Waals surface area contributed by atoms with Crippen LogP contribution in [0, 0.1) is 0 Å². The molecule has 0 bridgehead atoms. The lowest BCUT2D eigenvalue weighted by molar-refractivity contribution is 0.171. The molecule has 0 heterocycles. The molecule has 1 aliphatic rings. The Bertz CT molecular complexity index is 594. The minimum atomic E-state index is -0.00534. The highest BCUT2D eigenvalue weighted by Gasteiger charge is 2.38. The van der Waals surface area contributed by atoms with Crippen LogP contribution >= 0.6 is 0 Å². The first-order valence-corrected chi connectivity index (χ1v) is 8.69. The third-order valence-electron chi connectivity index (χ3n) is 5.25. The van der Waals surface area contributed by atoms with Gasteiger partial charge in [-0.2, -0.15) is 0 Å². The number of rotatable bonds is 5. The molecule has 1 fully saturated rings. The summed E-state index contributed by atoms with van der Waals surface area (Å²) in [7, 11) is 0. The van der Waals surface area contributed by atoms with Gasteiger partial charge in [-0.1, -0.05) is 60.7 Å². The van der Waals surface area contributed by atoms with Crippen molar-refractivity contribution in [2.45, 2.75) is 56.7 Å². The highest BCUT2D eigenvalue weighted by atomic mass is 15.0. The normalized spacial score (nSPS) is 27.7. The zero-order chi connectivity index (χ0) is 16.2. The van der Waals surface area contributed by atoms with Crippen LogP contribution in [0.3, 0.4) is 0 Å². The second kappa shape index (κ2) is 6.86. The zero-order valence-electron chi connectivity index (χ0n) is 14.1. The maximum atomic E-state index is 6.37. The molecule has 0 radical (unpaired) electrons. The largest absolute Gasteiger partial charge is 0.325 e. The van der Waals surface area contributed by atoms with E-state index in [1.54, 1.807) is 0 Å². The molecule has 0 saturated heterocycles. The summed E-state index contributed by atoms with van der Waals surface area (Å²) in [6, 6.07) is 21.5. The van der Waals surface area contributed by atoms with Gasteiger partial charge in [0.1, 0.15) is 0 Å². The summed E-state index contributed by atoms with van der Waals surface area (Å²) in [5.41, 5.74) is 9.29. The standard InChI is InChI=1S/C21H28N2/c1-20(22)12-14-21(15-13-20,16-18-8-4-2-5-9-18)23-17-19-10-6-3-7-11-19/h2-11,23H,12-17,22H2,1H3. The van der Waals surface area contributed by atoms with Gasteiger partial charge in [0, 0.05) is 17.6 Å². The first-order valence-electron chi connectivity index (χ1n) is 8.69. The number of nitrogens with two attached hydrogens (primary N) is 1. The van der Waals surface area contributed by atoms with Gasteiger partial charge >= 0.3 is 0 Å². The van der Waals surface area contributed by atoms with Crippen molar-refractivity contribution < 1.29 is 0 Å². The molecule has 2 aromatic rings. The fraction of sp³-hybridized carbons (Fsp3) is 0.429. The van der Waals surface area contributed by atoms with Crippen LogP contribution in [0.1, 0.15) is 43.7 Å². The second-order valence-corrected chi connectivity index (χ2v) is 7.44. The Balaban J connectivity index is 1.73. The van der Waals surface area contributed by atoms with E-state index in [4.69, 9.17) is 5.73 Å². The lowest BCUT2D eigenvalue weighted by Gasteiger charge is -2.44. The van der Waals surface area contributed by atoms with E-state index in [9.17, 15) is 0 Å². The Morgan fingerprint density at radius 3 is 1.91 bits per heavy atom. The fourth-order valence-electron chi connectivity index (χ4n) is 3.59. The van der Waals surface area contributed by atoms with Crippen LogP contribution in [0.15, 0.2) is 60.7 Å². The van der Waals surface area contributed by atoms with Gasteiger partial charge in [-0.05, 0) is 50.2 Å². The molecule has 122 valence electrons. The number of nitrogens with one attached hydrogen (secondary N) is 1. The molecule has 23 heavy (non-hydrogen) atoms. The van der Waals surface area contributed by atoms with Crippen LogP contribution < -0.4 is 11.1 Å². The summed E-state index contributed by atoms with van der Waals surface area (Å²) >= 11 is 0. The minimum Gasteiger partial charge on any atom is -0.325 e. The predicted molar refractivity (Wildman–Crippen MR) is 97.2 cm³/mol. The maximum absolute atomic E-state index is 6.37. The predicted octanol–water partition coefficient (Wildman–Crippen LogP) is 4.05. The molecular formula is C21H28N2. The topological polar surface area (TPSA) is 38.0 Å². The molecule has 0 spiro atoms. The maximum Gasteiger partial charge on any atom is 0.0226 e. The molecule has 0 atom stereocenters. The zero-order valence-corrected chi connectivity index (χ0v) is 14.1. The highest BCUT2D eigenvalue weighted by molar-refractivity contribution is 5.20. The summed E-state index contributed by atoms with van der Waals surface area (Å²) in [6.07, 6.45) is 5.53. The molecule has 0 aliphatic heterocycles. The third kappa shape index (κ3) is 4.43. The summed E-state index contributed by atoms with van der Waals surface area (Å²) in [4.78, 5) is 0. The SMILES string of the molecule is CC1(N)CCC(Cc2ccccc2)(NCc2ccccc2)CC1. The van der Waals surface area contributed by atoms with Crippen molar-refractivity contribution in [2.24, 2.45) is 5.73 Å². The monoisotopic (exact) mass is 308 g/mol. The van der Waals surface area contributed by atoms with Crippen LogP contribution in [0.4, 0.5) is 0 Å². The summed E-state index contributed by atoms with van der Waals surface area (Å²) in [5, 5.41) is 3.88. The lowest BCUT2D eigenvalue weighted by Crippen LogP contribution is -2.54. The van der Waals surface area contributed by atoms with Crippen LogP contribution in [-0.4, -0.2) is 11.1 Å². The minimum absolute atomic E-state index is 0.00534. The average Bonchev–Trinajstić information content (AvgIpc) is 2.58. The van der Waals surface area contributed by atoms with Gasteiger partial charge in [0.15, 0.2) is 0 Å². The average molecular weight is 308 g/mol. The second-order valence-electron chi connectivity index (χ2n) is 7.44. The Kier molecular flexibility index (Phi) is 4.84. The van der Waals surface area contributed by atoms with Crippen molar-refractivity contribution in [1.82, 2.24) is 5.32 Å². The third-order valence-corrected chi connectivity index (χ3v) is 5.25.